The van der Waals surface area contributed by atoms with Crippen molar-refractivity contribution in [2.45, 2.75) is 23.4 Å². The van der Waals surface area contributed by atoms with E-state index in [2.05, 4.69) is 31.9 Å². The summed E-state index contributed by atoms with van der Waals surface area (Å²) in [7, 11) is 3.17. The van der Waals surface area contributed by atoms with Gasteiger partial charge in [-0.05, 0) is 41.8 Å². The largest absolute Gasteiger partial charge is 0.493 e. The maximum atomic E-state index is 13.2. The molecule has 0 N–H and O–H groups in total. The lowest BCUT2D eigenvalue weighted by atomic mass is 10.1. The summed E-state index contributed by atoms with van der Waals surface area (Å²) in [6, 6.07) is 17.6. The fraction of sp³-hybridized carbons (Fsp3) is 0.200. The Balaban J connectivity index is 1.48. The number of hydrogen-bond donors (Lipinski definition) is 0. The van der Waals surface area contributed by atoms with Crippen LogP contribution in [0, 0.1) is 0 Å². The van der Waals surface area contributed by atoms with E-state index in [9.17, 15) is 4.79 Å². The van der Waals surface area contributed by atoms with Gasteiger partial charge in [0.15, 0.2) is 28.3 Å². The van der Waals surface area contributed by atoms with Crippen LogP contribution in [0.4, 0.5) is 0 Å². The highest BCUT2D eigenvalue weighted by Gasteiger charge is 2.34. The van der Waals surface area contributed by atoms with E-state index < -0.39 is 0 Å². The van der Waals surface area contributed by atoms with Crippen LogP contribution in [0.1, 0.15) is 21.5 Å². The number of benzene rings is 2. The van der Waals surface area contributed by atoms with Crippen molar-refractivity contribution in [3.05, 3.63) is 83.7 Å². The fourth-order valence-electron chi connectivity index (χ4n) is 4.01. The number of carbonyl (C=O) groups is 1. The molecule has 2 heterocycles. The van der Waals surface area contributed by atoms with Crippen molar-refractivity contribution in [3.63, 3.8) is 0 Å². The first kappa shape index (κ1) is 21.2. The number of Topliss-reactive ketones (excluding diaryl/α,β-unsaturated/α-hetero) is 1. The summed E-state index contributed by atoms with van der Waals surface area (Å²) in [5.74, 6) is 2.00. The van der Waals surface area contributed by atoms with E-state index in [1.54, 1.807) is 32.7 Å². The number of ether oxygens (including phenoxy) is 2. The second-order valence-electron chi connectivity index (χ2n) is 7.65. The van der Waals surface area contributed by atoms with Crippen LogP contribution < -0.4 is 9.47 Å². The average molecular weight is 459 g/mol. The van der Waals surface area contributed by atoms with Crippen LogP contribution in [0.5, 0.6) is 11.5 Å². The maximum absolute atomic E-state index is 13.2. The van der Waals surface area contributed by atoms with E-state index in [0.29, 0.717) is 35.2 Å². The molecule has 0 unspecified atom stereocenters. The van der Waals surface area contributed by atoms with Gasteiger partial charge in [0.05, 0.1) is 26.0 Å². The van der Waals surface area contributed by atoms with Crippen LogP contribution in [0.3, 0.4) is 0 Å². The number of fused-ring (bicyclic) bond motifs is 1. The SMILES string of the molecule is COc1cc2c(cc1OC)C(=O)[C@H](Sc1nnc(-c3ccncc3)n1Cc1ccccc1)C2. The minimum atomic E-state index is -0.291. The third-order valence-corrected chi connectivity index (χ3v) is 6.84. The van der Waals surface area contributed by atoms with Crippen molar-refractivity contribution in [1.29, 1.82) is 0 Å². The van der Waals surface area contributed by atoms with Gasteiger partial charge in [-0.25, -0.2) is 0 Å². The molecule has 0 bridgehead atoms. The van der Waals surface area contributed by atoms with Crippen molar-refractivity contribution in [1.82, 2.24) is 19.7 Å². The van der Waals surface area contributed by atoms with Gasteiger partial charge < -0.3 is 9.47 Å². The first-order valence-electron chi connectivity index (χ1n) is 10.5. The number of pyridine rings is 1. The Kier molecular flexibility index (Phi) is 5.83. The second kappa shape index (κ2) is 9.07. The number of aromatic nitrogens is 4. The molecule has 8 heteroatoms. The molecule has 2 aromatic carbocycles. The van der Waals surface area contributed by atoms with Gasteiger partial charge in [-0.1, -0.05) is 42.1 Å². The molecule has 166 valence electrons. The Hall–Kier alpha value is -3.65. The molecule has 1 aliphatic carbocycles. The average Bonchev–Trinajstić information content (AvgIpc) is 3.39. The molecule has 5 rings (SSSR count). The van der Waals surface area contributed by atoms with Crippen LogP contribution in [0.15, 0.2) is 72.1 Å². The summed E-state index contributed by atoms with van der Waals surface area (Å²) in [5, 5.41) is 9.35. The summed E-state index contributed by atoms with van der Waals surface area (Å²) >= 11 is 1.45. The molecule has 0 radical (unpaired) electrons. The summed E-state index contributed by atoms with van der Waals surface area (Å²) in [6.07, 6.45) is 4.07. The van der Waals surface area contributed by atoms with Crippen LogP contribution in [-0.2, 0) is 13.0 Å². The van der Waals surface area contributed by atoms with E-state index in [0.717, 1.165) is 22.5 Å². The number of rotatable bonds is 7. The normalized spacial score (nSPS) is 14.8. The Morgan fingerprint density at radius 1 is 1.00 bits per heavy atom. The van der Waals surface area contributed by atoms with Crippen LogP contribution in [0.25, 0.3) is 11.4 Å². The molecule has 33 heavy (non-hydrogen) atoms. The minimum Gasteiger partial charge on any atom is -0.493 e. The smallest absolute Gasteiger partial charge is 0.192 e. The molecule has 4 aromatic rings. The predicted octanol–water partition coefficient (Wildman–Crippen LogP) is 4.31. The molecule has 0 saturated heterocycles. The van der Waals surface area contributed by atoms with Gasteiger partial charge in [0, 0.05) is 23.5 Å². The van der Waals surface area contributed by atoms with E-state index in [1.807, 2.05) is 36.4 Å². The van der Waals surface area contributed by atoms with Crippen molar-refractivity contribution in [2.75, 3.05) is 14.2 Å². The van der Waals surface area contributed by atoms with Gasteiger partial charge >= 0.3 is 0 Å². The third kappa shape index (κ3) is 4.09. The first-order chi connectivity index (χ1) is 16.2. The van der Waals surface area contributed by atoms with Gasteiger partial charge in [0.25, 0.3) is 0 Å². The topological polar surface area (TPSA) is 79.1 Å². The molecule has 0 spiro atoms. The van der Waals surface area contributed by atoms with Gasteiger partial charge in [-0.3, -0.25) is 14.3 Å². The van der Waals surface area contributed by atoms with Crippen molar-refractivity contribution in [2.24, 2.45) is 0 Å². The summed E-state index contributed by atoms with van der Waals surface area (Å²) < 4.78 is 12.9. The Labute approximate surface area is 195 Å². The molecule has 0 aliphatic heterocycles. The molecule has 1 atom stereocenters. The van der Waals surface area contributed by atoms with Gasteiger partial charge in [-0.15, -0.1) is 10.2 Å². The van der Waals surface area contributed by atoms with Gasteiger partial charge in [-0.2, -0.15) is 0 Å². The standard InChI is InChI=1S/C25H22N4O3S/c1-31-20-12-18-13-22(23(30)19(18)14-21(20)32-2)33-25-28-27-24(17-8-10-26-11-9-17)29(25)15-16-6-4-3-5-7-16/h3-12,14,22H,13,15H2,1-2H3/t22-/m1/s1. The number of thioether (sulfide) groups is 1. The quantitative estimate of drug-likeness (QED) is 0.408. The second-order valence-corrected chi connectivity index (χ2v) is 8.82. The summed E-state index contributed by atoms with van der Waals surface area (Å²) in [4.78, 5) is 17.3. The highest BCUT2D eigenvalue weighted by atomic mass is 32.2. The first-order valence-corrected chi connectivity index (χ1v) is 11.4. The minimum absolute atomic E-state index is 0.0654. The molecule has 0 amide bonds. The van der Waals surface area contributed by atoms with E-state index in [4.69, 9.17) is 9.47 Å². The van der Waals surface area contributed by atoms with Crippen LogP contribution >= 0.6 is 11.8 Å². The molecule has 1 aliphatic rings. The number of ketones is 1. The summed E-state index contributed by atoms with van der Waals surface area (Å²) in [6.45, 7) is 0.601. The number of hydrogen-bond acceptors (Lipinski definition) is 7. The molecule has 0 fully saturated rings. The van der Waals surface area contributed by atoms with E-state index in [-0.39, 0.29) is 11.0 Å². The number of carbonyl (C=O) groups excluding carboxylic acids is 1. The zero-order valence-electron chi connectivity index (χ0n) is 18.3. The van der Waals surface area contributed by atoms with Crippen molar-refractivity contribution < 1.29 is 14.3 Å². The van der Waals surface area contributed by atoms with Gasteiger partial charge in [0.2, 0.25) is 0 Å². The number of methoxy groups -OCH3 is 2. The summed E-state index contributed by atoms with van der Waals surface area (Å²) in [5.41, 5.74) is 3.69. The van der Waals surface area contributed by atoms with Crippen molar-refractivity contribution in [3.8, 4) is 22.9 Å². The molecular formula is C25H22N4O3S. The molecule has 7 nitrogen and oxygen atoms in total. The Bertz CT molecular complexity index is 1290. The zero-order valence-corrected chi connectivity index (χ0v) is 19.1. The fourth-order valence-corrected chi connectivity index (χ4v) is 5.12. The van der Waals surface area contributed by atoms with E-state index in [1.165, 1.54) is 11.8 Å². The van der Waals surface area contributed by atoms with E-state index >= 15 is 0 Å². The number of nitrogens with zero attached hydrogens (tertiary/aromatic N) is 4. The lowest BCUT2D eigenvalue weighted by Gasteiger charge is -2.12. The Morgan fingerprint density at radius 3 is 2.45 bits per heavy atom. The molecule has 2 aromatic heterocycles. The predicted molar refractivity (Wildman–Crippen MR) is 126 cm³/mol. The van der Waals surface area contributed by atoms with Crippen LogP contribution in [0.2, 0.25) is 0 Å². The molecule has 0 saturated carbocycles. The molecular weight excluding hydrogens is 436 g/mol. The van der Waals surface area contributed by atoms with Crippen LogP contribution in [-0.4, -0.2) is 45.0 Å². The third-order valence-electron chi connectivity index (χ3n) is 5.66. The maximum Gasteiger partial charge on any atom is 0.192 e. The van der Waals surface area contributed by atoms with Gasteiger partial charge in [0.1, 0.15) is 0 Å². The Morgan fingerprint density at radius 2 is 1.73 bits per heavy atom. The lowest BCUT2D eigenvalue weighted by molar-refractivity contribution is 0.1000. The lowest BCUT2D eigenvalue weighted by Crippen LogP contribution is -2.13. The zero-order chi connectivity index (χ0) is 22.8. The monoisotopic (exact) mass is 458 g/mol. The highest BCUT2D eigenvalue weighted by Crippen LogP contribution is 2.40. The van der Waals surface area contributed by atoms with Crippen molar-refractivity contribution >= 4 is 17.5 Å². The highest BCUT2D eigenvalue weighted by molar-refractivity contribution is 8.00.